The van der Waals surface area contributed by atoms with Crippen LogP contribution in [-0.2, 0) is 6.54 Å². The molecule has 98 valence electrons. The molecule has 1 heterocycles. The van der Waals surface area contributed by atoms with Crippen LogP contribution in [0.5, 0.6) is 0 Å². The van der Waals surface area contributed by atoms with Crippen LogP contribution in [0.3, 0.4) is 0 Å². The minimum atomic E-state index is -4.16. The van der Waals surface area contributed by atoms with Gasteiger partial charge in [0, 0.05) is 20.1 Å². The third kappa shape index (κ3) is 3.28. The van der Waals surface area contributed by atoms with Gasteiger partial charge in [-0.05, 0) is 13.8 Å². The summed E-state index contributed by atoms with van der Waals surface area (Å²) in [5, 5.41) is 4.16. The van der Waals surface area contributed by atoms with Crippen molar-refractivity contribution < 1.29 is 13.2 Å². The van der Waals surface area contributed by atoms with E-state index in [1.165, 1.54) is 4.90 Å². The largest absolute Gasteiger partial charge is 0.394 e. The number of nitrogen functional groups attached to an aromatic ring is 1. The SMILES string of the molecule is CCn1nc(C)c(N)c1N(C)CCC(F)(F)F. The molecule has 1 aromatic rings. The highest BCUT2D eigenvalue weighted by molar-refractivity contribution is 5.65. The summed E-state index contributed by atoms with van der Waals surface area (Å²) in [7, 11) is 1.59. The molecular weight excluding hydrogens is 233 g/mol. The van der Waals surface area contributed by atoms with Crippen LogP contribution in [0.4, 0.5) is 24.7 Å². The molecule has 1 rings (SSSR count). The molecule has 0 saturated heterocycles. The second kappa shape index (κ2) is 4.85. The maximum atomic E-state index is 12.1. The van der Waals surface area contributed by atoms with Crippen molar-refractivity contribution in [1.82, 2.24) is 9.78 Å². The van der Waals surface area contributed by atoms with E-state index in [1.54, 1.807) is 18.7 Å². The Morgan fingerprint density at radius 2 is 2.00 bits per heavy atom. The second-order valence-electron chi connectivity index (χ2n) is 3.93. The molecule has 4 nitrogen and oxygen atoms in total. The maximum Gasteiger partial charge on any atom is 0.390 e. The first kappa shape index (κ1) is 13.7. The van der Waals surface area contributed by atoms with Gasteiger partial charge < -0.3 is 10.6 Å². The summed E-state index contributed by atoms with van der Waals surface area (Å²) in [6.45, 7) is 4.05. The number of aromatic nitrogens is 2. The zero-order valence-electron chi connectivity index (χ0n) is 10.2. The molecule has 0 unspecified atom stereocenters. The van der Waals surface area contributed by atoms with Crippen molar-refractivity contribution in [2.24, 2.45) is 0 Å². The molecule has 0 amide bonds. The lowest BCUT2D eigenvalue weighted by atomic mass is 10.3. The highest BCUT2D eigenvalue weighted by atomic mass is 19.4. The standard InChI is InChI=1S/C10H17F3N4/c1-4-17-9(8(14)7(2)15-17)16(3)6-5-10(11,12)13/h4-6,14H2,1-3H3. The van der Waals surface area contributed by atoms with Crippen LogP contribution in [0.1, 0.15) is 19.0 Å². The molecule has 7 heteroatoms. The molecule has 1 aromatic heterocycles. The molecule has 0 aliphatic heterocycles. The summed E-state index contributed by atoms with van der Waals surface area (Å²) in [6, 6.07) is 0. The van der Waals surface area contributed by atoms with Crippen LogP contribution in [-0.4, -0.2) is 29.5 Å². The predicted octanol–water partition coefficient (Wildman–Crippen LogP) is 2.18. The van der Waals surface area contributed by atoms with Gasteiger partial charge in [-0.3, -0.25) is 0 Å². The smallest absolute Gasteiger partial charge is 0.390 e. The van der Waals surface area contributed by atoms with E-state index >= 15 is 0 Å². The van der Waals surface area contributed by atoms with Crippen LogP contribution in [0.25, 0.3) is 0 Å². The Bertz CT molecular complexity index is 384. The van der Waals surface area contributed by atoms with Gasteiger partial charge in [0.25, 0.3) is 0 Å². The van der Waals surface area contributed by atoms with Gasteiger partial charge in [0.15, 0.2) is 0 Å². The zero-order valence-corrected chi connectivity index (χ0v) is 10.2. The molecule has 0 saturated carbocycles. The first-order chi connectivity index (χ1) is 7.76. The van der Waals surface area contributed by atoms with Crippen LogP contribution < -0.4 is 10.6 Å². The van der Waals surface area contributed by atoms with Crippen molar-refractivity contribution in [3.63, 3.8) is 0 Å². The summed E-state index contributed by atoms with van der Waals surface area (Å²) < 4.78 is 38.0. The molecule has 17 heavy (non-hydrogen) atoms. The number of hydrogen-bond acceptors (Lipinski definition) is 3. The summed E-state index contributed by atoms with van der Waals surface area (Å²) >= 11 is 0. The first-order valence-electron chi connectivity index (χ1n) is 5.37. The Labute approximate surface area is 98.2 Å². The van der Waals surface area contributed by atoms with E-state index in [9.17, 15) is 13.2 Å². The maximum absolute atomic E-state index is 12.1. The van der Waals surface area contributed by atoms with Gasteiger partial charge in [-0.1, -0.05) is 0 Å². The normalized spacial score (nSPS) is 11.9. The third-order valence-corrected chi connectivity index (χ3v) is 2.54. The summed E-state index contributed by atoms with van der Waals surface area (Å²) in [6.07, 6.45) is -5.02. The van der Waals surface area contributed by atoms with Gasteiger partial charge in [-0.2, -0.15) is 18.3 Å². The van der Waals surface area contributed by atoms with Crippen LogP contribution in [0, 0.1) is 6.92 Å². The number of aryl methyl sites for hydroxylation is 2. The third-order valence-electron chi connectivity index (χ3n) is 2.54. The van der Waals surface area contributed by atoms with Gasteiger partial charge in [-0.15, -0.1) is 0 Å². The zero-order chi connectivity index (χ0) is 13.2. The summed E-state index contributed by atoms with van der Waals surface area (Å²) in [5.41, 5.74) is 6.89. The van der Waals surface area contributed by atoms with E-state index in [2.05, 4.69) is 5.10 Å². The van der Waals surface area contributed by atoms with E-state index < -0.39 is 12.6 Å². The monoisotopic (exact) mass is 250 g/mol. The lowest BCUT2D eigenvalue weighted by molar-refractivity contribution is -0.132. The highest BCUT2D eigenvalue weighted by Crippen LogP contribution is 2.27. The minimum absolute atomic E-state index is 0.126. The lowest BCUT2D eigenvalue weighted by Crippen LogP contribution is -2.26. The van der Waals surface area contributed by atoms with Gasteiger partial charge in [0.2, 0.25) is 0 Å². The lowest BCUT2D eigenvalue weighted by Gasteiger charge is -2.21. The van der Waals surface area contributed by atoms with Gasteiger partial charge in [0.05, 0.1) is 17.8 Å². The fourth-order valence-corrected chi connectivity index (χ4v) is 1.61. The highest BCUT2D eigenvalue weighted by Gasteiger charge is 2.28. The molecule has 2 N–H and O–H groups in total. The quantitative estimate of drug-likeness (QED) is 0.891. The van der Waals surface area contributed by atoms with Crippen molar-refractivity contribution in [1.29, 1.82) is 0 Å². The van der Waals surface area contributed by atoms with Crippen LogP contribution in [0.2, 0.25) is 0 Å². The predicted molar refractivity (Wildman–Crippen MR) is 61.0 cm³/mol. The summed E-state index contributed by atoms with van der Waals surface area (Å²) in [5.74, 6) is 0.550. The molecule has 0 aliphatic rings. The Kier molecular flexibility index (Phi) is 3.90. The van der Waals surface area contributed by atoms with Crippen molar-refractivity contribution in [3.8, 4) is 0 Å². The Morgan fingerprint density at radius 1 is 1.41 bits per heavy atom. The average molecular weight is 250 g/mol. The number of hydrogen-bond donors (Lipinski definition) is 1. The fraction of sp³-hybridized carbons (Fsp3) is 0.700. The molecule has 0 aromatic carbocycles. The van der Waals surface area contributed by atoms with Crippen LogP contribution >= 0.6 is 0 Å². The van der Waals surface area contributed by atoms with E-state index in [0.717, 1.165) is 0 Å². The van der Waals surface area contributed by atoms with E-state index in [-0.39, 0.29) is 6.54 Å². The molecule has 0 aliphatic carbocycles. The number of anilines is 2. The fourth-order valence-electron chi connectivity index (χ4n) is 1.61. The molecule has 0 spiro atoms. The van der Waals surface area contributed by atoms with Crippen molar-refractivity contribution in [2.45, 2.75) is 33.0 Å². The van der Waals surface area contributed by atoms with Crippen molar-refractivity contribution >= 4 is 11.5 Å². The number of alkyl halides is 3. The minimum Gasteiger partial charge on any atom is -0.394 e. The molecule has 0 bridgehead atoms. The number of halogens is 3. The number of nitrogens with zero attached hydrogens (tertiary/aromatic N) is 3. The Balaban J connectivity index is 2.84. The Hall–Kier alpha value is -1.40. The second-order valence-corrected chi connectivity index (χ2v) is 3.93. The van der Waals surface area contributed by atoms with Gasteiger partial charge in [0.1, 0.15) is 5.82 Å². The van der Waals surface area contributed by atoms with Gasteiger partial charge in [-0.25, -0.2) is 4.68 Å². The topological polar surface area (TPSA) is 47.1 Å². The van der Waals surface area contributed by atoms with Crippen molar-refractivity contribution in [2.75, 3.05) is 24.2 Å². The molecular formula is C10H17F3N4. The van der Waals surface area contributed by atoms with E-state index in [4.69, 9.17) is 5.73 Å². The Morgan fingerprint density at radius 3 is 2.47 bits per heavy atom. The summed E-state index contributed by atoms with van der Waals surface area (Å²) in [4.78, 5) is 1.49. The molecule has 0 radical (unpaired) electrons. The number of nitrogens with two attached hydrogens (primary N) is 1. The van der Waals surface area contributed by atoms with E-state index in [0.29, 0.717) is 23.7 Å². The van der Waals surface area contributed by atoms with E-state index in [1.807, 2.05) is 6.92 Å². The van der Waals surface area contributed by atoms with Gasteiger partial charge >= 0.3 is 6.18 Å². The van der Waals surface area contributed by atoms with Crippen LogP contribution in [0.15, 0.2) is 0 Å². The number of rotatable bonds is 4. The molecule has 0 fully saturated rings. The van der Waals surface area contributed by atoms with Crippen molar-refractivity contribution in [3.05, 3.63) is 5.69 Å². The first-order valence-corrected chi connectivity index (χ1v) is 5.37. The molecule has 0 atom stereocenters. The average Bonchev–Trinajstić information content (AvgIpc) is 2.51.